The van der Waals surface area contributed by atoms with Crippen molar-refractivity contribution >= 4 is 23.4 Å². The van der Waals surface area contributed by atoms with Crippen molar-refractivity contribution in [2.75, 3.05) is 36.5 Å². The normalized spacial score (nSPS) is 18.3. The van der Waals surface area contributed by atoms with E-state index in [9.17, 15) is 4.79 Å². The zero-order chi connectivity index (χ0) is 13.0. The molecule has 0 aliphatic carbocycles. The second-order valence-corrected chi connectivity index (χ2v) is 5.78. The lowest BCUT2D eigenvalue weighted by Crippen LogP contribution is -2.48. The van der Waals surface area contributed by atoms with E-state index in [1.807, 2.05) is 56.1 Å². The standard InChI is InChI=1S/C14H20N2OS/c1-12(16-8-10-18-11-9-16)14(17)15(2)13-6-4-3-5-7-13/h3-7,12H,8-11H2,1-2H3. The van der Waals surface area contributed by atoms with Gasteiger partial charge in [-0.1, -0.05) is 18.2 Å². The molecule has 1 aliphatic heterocycles. The fraction of sp³-hybridized carbons (Fsp3) is 0.500. The van der Waals surface area contributed by atoms with Crippen LogP contribution in [0.5, 0.6) is 0 Å². The maximum atomic E-state index is 12.4. The Morgan fingerprint density at radius 3 is 2.50 bits per heavy atom. The van der Waals surface area contributed by atoms with Crippen LogP contribution in [-0.2, 0) is 4.79 Å². The van der Waals surface area contributed by atoms with E-state index in [2.05, 4.69) is 4.90 Å². The Balaban J connectivity index is 2.01. The van der Waals surface area contributed by atoms with Gasteiger partial charge < -0.3 is 4.90 Å². The average Bonchev–Trinajstić information content (AvgIpc) is 2.47. The molecule has 18 heavy (non-hydrogen) atoms. The Hall–Kier alpha value is -1.00. The molecule has 0 aromatic heterocycles. The van der Waals surface area contributed by atoms with Gasteiger partial charge in [0.1, 0.15) is 0 Å². The van der Waals surface area contributed by atoms with Crippen molar-refractivity contribution in [1.29, 1.82) is 0 Å². The van der Waals surface area contributed by atoms with Gasteiger partial charge in [-0.2, -0.15) is 11.8 Å². The molecular weight excluding hydrogens is 244 g/mol. The number of hydrogen-bond donors (Lipinski definition) is 0. The van der Waals surface area contributed by atoms with Crippen LogP contribution < -0.4 is 4.90 Å². The van der Waals surface area contributed by atoms with E-state index in [0.717, 1.165) is 30.3 Å². The molecule has 0 saturated carbocycles. The van der Waals surface area contributed by atoms with Crippen molar-refractivity contribution in [2.45, 2.75) is 13.0 Å². The van der Waals surface area contributed by atoms with Crippen molar-refractivity contribution in [2.24, 2.45) is 0 Å². The second-order valence-electron chi connectivity index (χ2n) is 4.56. The molecule has 1 unspecified atom stereocenters. The lowest BCUT2D eigenvalue weighted by Gasteiger charge is -2.33. The first-order chi connectivity index (χ1) is 8.70. The van der Waals surface area contributed by atoms with Crippen LogP contribution >= 0.6 is 11.8 Å². The molecule has 1 aromatic rings. The van der Waals surface area contributed by atoms with Crippen LogP contribution in [0.1, 0.15) is 6.92 Å². The molecule has 1 fully saturated rings. The molecule has 3 nitrogen and oxygen atoms in total. The first-order valence-electron chi connectivity index (χ1n) is 6.34. The van der Waals surface area contributed by atoms with E-state index in [-0.39, 0.29) is 11.9 Å². The SMILES string of the molecule is CC(C(=O)N(C)c1ccccc1)N1CCSCC1. The highest BCUT2D eigenvalue weighted by atomic mass is 32.2. The highest BCUT2D eigenvalue weighted by Crippen LogP contribution is 2.17. The van der Waals surface area contributed by atoms with Crippen molar-refractivity contribution in [3.8, 4) is 0 Å². The summed E-state index contributed by atoms with van der Waals surface area (Å²) in [6.45, 7) is 4.04. The molecule has 0 N–H and O–H groups in total. The number of rotatable bonds is 3. The lowest BCUT2D eigenvalue weighted by atomic mass is 10.2. The molecule has 0 bridgehead atoms. The molecule has 1 aromatic carbocycles. The van der Waals surface area contributed by atoms with Crippen molar-refractivity contribution < 1.29 is 4.79 Å². The topological polar surface area (TPSA) is 23.6 Å². The van der Waals surface area contributed by atoms with Gasteiger partial charge in [0.2, 0.25) is 5.91 Å². The highest BCUT2D eigenvalue weighted by molar-refractivity contribution is 7.99. The van der Waals surface area contributed by atoms with Crippen molar-refractivity contribution in [3.63, 3.8) is 0 Å². The summed E-state index contributed by atoms with van der Waals surface area (Å²) in [5, 5.41) is 0. The molecule has 1 saturated heterocycles. The predicted octanol–water partition coefficient (Wildman–Crippen LogP) is 2.09. The summed E-state index contributed by atoms with van der Waals surface area (Å²) in [6, 6.07) is 9.79. The minimum Gasteiger partial charge on any atom is -0.314 e. The van der Waals surface area contributed by atoms with Crippen LogP contribution in [0.3, 0.4) is 0 Å². The number of amides is 1. The zero-order valence-corrected chi connectivity index (χ0v) is 11.8. The quantitative estimate of drug-likeness (QED) is 0.835. The van der Waals surface area contributed by atoms with E-state index in [1.54, 1.807) is 4.90 Å². The molecule has 1 aliphatic rings. The Bertz CT molecular complexity index is 390. The molecular formula is C14H20N2OS. The minimum absolute atomic E-state index is 0.0314. The third-order valence-corrected chi connectivity index (χ3v) is 4.37. The van der Waals surface area contributed by atoms with Crippen LogP contribution in [0, 0.1) is 0 Å². The Labute approximate surface area is 113 Å². The summed E-state index contributed by atoms with van der Waals surface area (Å²) >= 11 is 1.97. The van der Waals surface area contributed by atoms with Crippen LogP contribution in [0.15, 0.2) is 30.3 Å². The maximum absolute atomic E-state index is 12.4. The van der Waals surface area contributed by atoms with E-state index in [4.69, 9.17) is 0 Å². The average molecular weight is 264 g/mol. The van der Waals surface area contributed by atoms with E-state index in [1.165, 1.54) is 0 Å². The van der Waals surface area contributed by atoms with Gasteiger partial charge in [-0.3, -0.25) is 9.69 Å². The summed E-state index contributed by atoms with van der Waals surface area (Å²) < 4.78 is 0. The molecule has 0 radical (unpaired) electrons. The van der Waals surface area contributed by atoms with Crippen LogP contribution in [0.2, 0.25) is 0 Å². The van der Waals surface area contributed by atoms with Crippen LogP contribution in [0.4, 0.5) is 5.69 Å². The number of para-hydroxylation sites is 1. The molecule has 1 atom stereocenters. The second kappa shape index (κ2) is 6.25. The number of thioether (sulfide) groups is 1. The number of nitrogens with zero attached hydrogens (tertiary/aromatic N) is 2. The summed E-state index contributed by atoms with van der Waals surface area (Å²) in [6.07, 6.45) is 0. The van der Waals surface area contributed by atoms with E-state index >= 15 is 0 Å². The zero-order valence-electron chi connectivity index (χ0n) is 11.0. The number of benzene rings is 1. The van der Waals surface area contributed by atoms with Gasteiger partial charge in [-0.05, 0) is 19.1 Å². The van der Waals surface area contributed by atoms with Gasteiger partial charge in [-0.25, -0.2) is 0 Å². The van der Waals surface area contributed by atoms with E-state index < -0.39 is 0 Å². The van der Waals surface area contributed by atoms with Crippen LogP contribution in [-0.4, -0.2) is 48.5 Å². The molecule has 1 heterocycles. The van der Waals surface area contributed by atoms with Gasteiger partial charge in [0.15, 0.2) is 0 Å². The van der Waals surface area contributed by atoms with Crippen LogP contribution in [0.25, 0.3) is 0 Å². The minimum atomic E-state index is -0.0314. The number of hydrogen-bond acceptors (Lipinski definition) is 3. The molecule has 4 heteroatoms. The third kappa shape index (κ3) is 3.06. The van der Waals surface area contributed by atoms with Gasteiger partial charge in [-0.15, -0.1) is 0 Å². The largest absolute Gasteiger partial charge is 0.314 e. The van der Waals surface area contributed by atoms with Gasteiger partial charge in [0.25, 0.3) is 0 Å². The Morgan fingerprint density at radius 2 is 1.89 bits per heavy atom. The first-order valence-corrected chi connectivity index (χ1v) is 7.50. The van der Waals surface area contributed by atoms with Gasteiger partial charge in [0, 0.05) is 37.3 Å². The third-order valence-electron chi connectivity index (χ3n) is 3.42. The molecule has 2 rings (SSSR count). The van der Waals surface area contributed by atoms with Gasteiger partial charge in [0.05, 0.1) is 6.04 Å². The fourth-order valence-corrected chi connectivity index (χ4v) is 3.11. The molecule has 0 spiro atoms. The molecule has 1 amide bonds. The summed E-state index contributed by atoms with van der Waals surface area (Å²) in [4.78, 5) is 16.5. The number of anilines is 1. The molecule has 98 valence electrons. The number of carbonyl (C=O) groups excluding carboxylic acids is 1. The highest BCUT2D eigenvalue weighted by Gasteiger charge is 2.25. The Kier molecular flexibility index (Phi) is 4.66. The summed E-state index contributed by atoms with van der Waals surface area (Å²) in [5.41, 5.74) is 0.959. The Morgan fingerprint density at radius 1 is 1.28 bits per heavy atom. The predicted molar refractivity (Wildman–Crippen MR) is 78.2 cm³/mol. The first kappa shape index (κ1) is 13.4. The smallest absolute Gasteiger partial charge is 0.243 e. The lowest BCUT2D eigenvalue weighted by molar-refractivity contribution is -0.122. The summed E-state index contributed by atoms with van der Waals surface area (Å²) in [7, 11) is 1.85. The van der Waals surface area contributed by atoms with E-state index in [0.29, 0.717) is 0 Å². The number of carbonyl (C=O) groups is 1. The summed E-state index contributed by atoms with van der Waals surface area (Å²) in [5.74, 6) is 2.44. The fourth-order valence-electron chi connectivity index (χ4n) is 2.18. The maximum Gasteiger partial charge on any atom is 0.243 e. The number of likely N-dealkylation sites (N-methyl/N-ethyl adjacent to an activating group) is 1. The van der Waals surface area contributed by atoms with Gasteiger partial charge >= 0.3 is 0 Å². The monoisotopic (exact) mass is 264 g/mol. The van der Waals surface area contributed by atoms with Crippen molar-refractivity contribution in [3.05, 3.63) is 30.3 Å². The van der Waals surface area contributed by atoms with Crippen molar-refractivity contribution in [1.82, 2.24) is 4.90 Å².